The predicted octanol–water partition coefficient (Wildman–Crippen LogP) is 3.93. The minimum Gasteiger partial charge on any atom is -0.370 e. The number of amides is 1. The second kappa shape index (κ2) is 10.5. The van der Waals surface area contributed by atoms with Crippen LogP contribution in [0.15, 0.2) is 36.4 Å². The number of halogens is 3. The summed E-state index contributed by atoms with van der Waals surface area (Å²) < 4.78 is 63.9. The number of rotatable bonds is 9. The van der Waals surface area contributed by atoms with Crippen LogP contribution >= 0.6 is 0 Å². The van der Waals surface area contributed by atoms with Crippen LogP contribution in [0.2, 0.25) is 0 Å². The lowest BCUT2D eigenvalue weighted by atomic mass is 10.1. The van der Waals surface area contributed by atoms with Crippen molar-refractivity contribution in [1.29, 1.82) is 0 Å². The summed E-state index contributed by atoms with van der Waals surface area (Å²) in [5.41, 5.74) is 1.24. The van der Waals surface area contributed by atoms with E-state index >= 15 is 0 Å². The second-order valence-corrected chi connectivity index (χ2v) is 8.88. The van der Waals surface area contributed by atoms with Gasteiger partial charge in [-0.3, -0.25) is 9.52 Å². The number of anilines is 2. The fraction of sp³-hybridized carbons (Fsp3) is 0.333. The third-order valence-electron chi connectivity index (χ3n) is 4.23. The maximum atomic E-state index is 12.9. The first-order valence-electron chi connectivity index (χ1n) is 9.74. The van der Waals surface area contributed by atoms with Crippen LogP contribution in [0.5, 0.6) is 0 Å². The topological polar surface area (TPSA) is 100 Å². The van der Waals surface area contributed by atoms with Crippen molar-refractivity contribution in [3.05, 3.63) is 58.8 Å². The number of hydrogen-bond donors (Lipinski definition) is 3. The summed E-state index contributed by atoms with van der Waals surface area (Å²) in [7, 11) is -3.39. The van der Waals surface area contributed by atoms with Gasteiger partial charge in [0.25, 0.3) is 0 Å². The van der Waals surface area contributed by atoms with E-state index in [0.717, 1.165) is 17.9 Å². The molecule has 7 nitrogen and oxygen atoms in total. The zero-order valence-corrected chi connectivity index (χ0v) is 18.7. The molecule has 2 aromatic rings. The number of hydrogen-bond acceptors (Lipinski definition) is 5. The highest BCUT2D eigenvalue weighted by atomic mass is 32.2. The van der Waals surface area contributed by atoms with Crippen LogP contribution in [0.3, 0.4) is 0 Å². The molecule has 1 amide bonds. The molecule has 2 rings (SSSR count). The molecule has 0 aliphatic rings. The van der Waals surface area contributed by atoms with Gasteiger partial charge in [-0.2, -0.15) is 13.2 Å². The van der Waals surface area contributed by atoms with Gasteiger partial charge >= 0.3 is 6.18 Å². The first-order valence-corrected chi connectivity index (χ1v) is 11.6. The lowest BCUT2D eigenvalue weighted by Crippen LogP contribution is -2.20. The monoisotopic (exact) mass is 470 g/mol. The van der Waals surface area contributed by atoms with Crippen LogP contribution in [-0.2, 0) is 27.5 Å². The molecule has 0 aliphatic carbocycles. The fourth-order valence-corrected chi connectivity index (χ4v) is 3.34. The summed E-state index contributed by atoms with van der Waals surface area (Å²) in [6, 6.07) is 7.15. The normalized spacial score (nSPS) is 12.1. The van der Waals surface area contributed by atoms with E-state index in [1.54, 1.807) is 25.1 Å². The molecule has 0 atom stereocenters. The van der Waals surface area contributed by atoms with Gasteiger partial charge in [-0.25, -0.2) is 13.4 Å². The highest BCUT2D eigenvalue weighted by Crippen LogP contribution is 2.29. The Labute approximate surface area is 185 Å². The van der Waals surface area contributed by atoms with Crippen molar-refractivity contribution in [3.63, 3.8) is 0 Å². The van der Waals surface area contributed by atoms with E-state index in [9.17, 15) is 26.4 Å². The first-order chi connectivity index (χ1) is 14.9. The number of benzene rings is 1. The molecule has 0 fully saturated rings. The van der Waals surface area contributed by atoms with Crippen molar-refractivity contribution < 1.29 is 26.4 Å². The number of nitrogens with zero attached hydrogens (tertiary/aromatic N) is 1. The highest BCUT2D eigenvalue weighted by molar-refractivity contribution is 7.92. The Morgan fingerprint density at radius 2 is 1.91 bits per heavy atom. The molecule has 0 unspecified atom stereocenters. The van der Waals surface area contributed by atoms with Gasteiger partial charge in [0.15, 0.2) is 0 Å². The Hall–Kier alpha value is -3.08. The minimum absolute atomic E-state index is 0.0512. The first kappa shape index (κ1) is 25.2. The van der Waals surface area contributed by atoms with Crippen LogP contribution in [-0.4, -0.2) is 32.1 Å². The number of aromatic nitrogens is 1. The maximum Gasteiger partial charge on any atom is 0.433 e. The number of carbonyl (C=O) groups is 1. The van der Waals surface area contributed by atoms with Gasteiger partial charge in [0.2, 0.25) is 15.9 Å². The van der Waals surface area contributed by atoms with Crippen LogP contribution < -0.4 is 15.4 Å². The van der Waals surface area contributed by atoms with Crippen molar-refractivity contribution in [3.8, 4) is 0 Å². The second-order valence-electron chi connectivity index (χ2n) is 7.13. The molecule has 0 saturated heterocycles. The maximum absolute atomic E-state index is 12.9. The average molecular weight is 471 g/mol. The number of alkyl halides is 3. The van der Waals surface area contributed by atoms with E-state index in [2.05, 4.69) is 20.3 Å². The van der Waals surface area contributed by atoms with Crippen molar-refractivity contribution in [1.82, 2.24) is 10.3 Å². The molecule has 11 heteroatoms. The lowest BCUT2D eigenvalue weighted by Gasteiger charge is -2.12. The molecule has 0 radical (unpaired) electrons. The Kier molecular flexibility index (Phi) is 8.25. The third kappa shape index (κ3) is 7.88. The van der Waals surface area contributed by atoms with Crippen LogP contribution in [0, 0.1) is 6.92 Å². The highest BCUT2D eigenvalue weighted by Gasteiger charge is 2.32. The van der Waals surface area contributed by atoms with E-state index in [1.807, 2.05) is 6.92 Å². The molecule has 32 heavy (non-hydrogen) atoms. The van der Waals surface area contributed by atoms with Gasteiger partial charge in [-0.05, 0) is 48.7 Å². The van der Waals surface area contributed by atoms with E-state index in [4.69, 9.17) is 0 Å². The Bertz CT molecular complexity index is 1100. The van der Waals surface area contributed by atoms with E-state index in [1.165, 1.54) is 18.2 Å². The Morgan fingerprint density at radius 1 is 1.19 bits per heavy atom. The predicted molar refractivity (Wildman–Crippen MR) is 119 cm³/mol. The number of nitrogens with one attached hydrogen (secondary N) is 3. The number of aryl methyl sites for hydroxylation is 1. The molecule has 0 spiro atoms. The molecule has 1 aromatic carbocycles. The van der Waals surface area contributed by atoms with E-state index in [-0.39, 0.29) is 12.4 Å². The largest absolute Gasteiger partial charge is 0.433 e. The van der Waals surface area contributed by atoms with Crippen molar-refractivity contribution >= 4 is 33.5 Å². The average Bonchev–Trinajstić information content (AvgIpc) is 2.69. The summed E-state index contributed by atoms with van der Waals surface area (Å²) in [6.45, 7) is 4.23. The zero-order chi connectivity index (χ0) is 23.9. The molecule has 3 N–H and O–H groups in total. The molecule has 1 heterocycles. The zero-order valence-electron chi connectivity index (χ0n) is 17.9. The molecular weight excluding hydrogens is 445 g/mol. The summed E-state index contributed by atoms with van der Waals surface area (Å²) in [4.78, 5) is 15.8. The molecule has 174 valence electrons. The lowest BCUT2D eigenvalue weighted by molar-refractivity contribution is -0.141. The molecule has 0 aliphatic heterocycles. The minimum atomic E-state index is -4.56. The van der Waals surface area contributed by atoms with E-state index in [0.29, 0.717) is 29.8 Å². The van der Waals surface area contributed by atoms with Gasteiger partial charge < -0.3 is 10.6 Å². The summed E-state index contributed by atoms with van der Waals surface area (Å²) >= 11 is 0. The standard InChI is InChI=1S/C21H25F3N4O3S/c1-4-11-25-20-16(6-9-18(27-20)21(22,23)24)7-10-19(29)26-13-15-5-8-17(14(2)12-15)28-32(3,30)31/h5-10,12,28H,4,11,13H2,1-3H3,(H,25,27)(H,26,29)/b10-7-. The molecular formula is C21H25F3N4O3S. The fourth-order valence-electron chi connectivity index (χ4n) is 2.71. The van der Waals surface area contributed by atoms with Crippen molar-refractivity contribution in [2.45, 2.75) is 33.0 Å². The van der Waals surface area contributed by atoms with Crippen molar-refractivity contribution in [2.24, 2.45) is 0 Å². The van der Waals surface area contributed by atoms with Crippen LogP contribution in [0.4, 0.5) is 24.7 Å². The smallest absolute Gasteiger partial charge is 0.370 e. The van der Waals surface area contributed by atoms with Crippen LogP contribution in [0.25, 0.3) is 6.08 Å². The van der Waals surface area contributed by atoms with Gasteiger partial charge in [0.05, 0.1) is 11.9 Å². The Balaban J connectivity index is 2.06. The summed E-state index contributed by atoms with van der Waals surface area (Å²) in [5, 5.41) is 5.52. The van der Waals surface area contributed by atoms with Crippen LogP contribution in [0.1, 0.15) is 35.7 Å². The quantitative estimate of drug-likeness (QED) is 0.482. The molecule has 1 aromatic heterocycles. The van der Waals surface area contributed by atoms with Gasteiger partial charge in [-0.15, -0.1) is 0 Å². The SMILES string of the molecule is CCCNc1nc(C(F)(F)F)ccc1/C=C\C(=O)NCc1ccc(NS(C)(=O)=O)c(C)c1. The van der Waals surface area contributed by atoms with Gasteiger partial charge in [-0.1, -0.05) is 19.1 Å². The third-order valence-corrected chi connectivity index (χ3v) is 4.82. The molecule has 0 saturated carbocycles. The number of sulfonamides is 1. The number of pyridine rings is 1. The summed E-state index contributed by atoms with van der Waals surface area (Å²) in [6.07, 6.45) is -0.201. The van der Waals surface area contributed by atoms with Gasteiger partial charge in [0, 0.05) is 24.7 Å². The summed E-state index contributed by atoms with van der Waals surface area (Å²) in [5.74, 6) is -0.391. The number of carbonyl (C=O) groups excluding carboxylic acids is 1. The Morgan fingerprint density at radius 3 is 2.50 bits per heavy atom. The van der Waals surface area contributed by atoms with Crippen molar-refractivity contribution in [2.75, 3.05) is 22.8 Å². The van der Waals surface area contributed by atoms with Gasteiger partial charge in [0.1, 0.15) is 11.5 Å². The van der Waals surface area contributed by atoms with E-state index < -0.39 is 27.8 Å². The molecule has 0 bridgehead atoms.